The van der Waals surface area contributed by atoms with E-state index in [1.54, 1.807) is 0 Å². The van der Waals surface area contributed by atoms with Gasteiger partial charge in [0.1, 0.15) is 11.6 Å². The summed E-state index contributed by atoms with van der Waals surface area (Å²) >= 11 is 11.3. The molecule has 0 fully saturated rings. The first-order valence-corrected chi connectivity index (χ1v) is 6.97. The molecule has 0 aliphatic heterocycles. The zero-order chi connectivity index (χ0) is 15.1. The third kappa shape index (κ3) is 5.48. The lowest BCUT2D eigenvalue weighted by atomic mass is 10.4. The Morgan fingerprint density at radius 3 is 2.85 bits per heavy atom. The lowest BCUT2D eigenvalue weighted by Crippen LogP contribution is -2.34. The Morgan fingerprint density at radius 2 is 2.20 bits per heavy atom. The maximum atomic E-state index is 11.7. The molecule has 1 amide bonds. The first-order valence-electron chi connectivity index (χ1n) is 6.21. The Hall–Kier alpha value is -1.11. The molecular weight excluding hydrogens is 305 g/mol. The molecule has 20 heavy (non-hydrogen) atoms. The van der Waals surface area contributed by atoms with Crippen molar-refractivity contribution in [1.82, 2.24) is 15.1 Å². The van der Waals surface area contributed by atoms with E-state index < -0.39 is 5.56 Å². The van der Waals surface area contributed by atoms with Crippen molar-refractivity contribution in [1.29, 1.82) is 0 Å². The molecule has 6 nitrogen and oxygen atoms in total. The van der Waals surface area contributed by atoms with Crippen molar-refractivity contribution in [2.45, 2.75) is 32.9 Å². The van der Waals surface area contributed by atoms with Crippen LogP contribution < -0.4 is 10.9 Å². The van der Waals surface area contributed by atoms with E-state index in [-0.39, 0.29) is 28.6 Å². The van der Waals surface area contributed by atoms with Crippen LogP contribution in [0.2, 0.25) is 10.0 Å². The van der Waals surface area contributed by atoms with Gasteiger partial charge < -0.3 is 10.1 Å². The maximum Gasteiger partial charge on any atom is 0.287 e. The number of nitrogens with one attached hydrogen (secondary N) is 1. The Morgan fingerprint density at radius 1 is 1.50 bits per heavy atom. The van der Waals surface area contributed by atoms with Crippen molar-refractivity contribution < 1.29 is 9.53 Å². The summed E-state index contributed by atoms with van der Waals surface area (Å²) in [5, 5.41) is 6.35. The number of nitrogens with zero attached hydrogens (tertiary/aromatic N) is 2. The second-order valence-electron chi connectivity index (χ2n) is 4.39. The number of hydrogen-bond acceptors (Lipinski definition) is 4. The van der Waals surface area contributed by atoms with Gasteiger partial charge in [-0.05, 0) is 20.3 Å². The Labute approximate surface area is 127 Å². The maximum absolute atomic E-state index is 11.7. The molecular formula is C12H17Cl2N3O3. The van der Waals surface area contributed by atoms with E-state index in [0.29, 0.717) is 19.6 Å². The van der Waals surface area contributed by atoms with Gasteiger partial charge in [-0.1, -0.05) is 23.2 Å². The topological polar surface area (TPSA) is 73.2 Å². The van der Waals surface area contributed by atoms with Gasteiger partial charge in [0.05, 0.1) is 17.3 Å². The highest BCUT2D eigenvalue weighted by atomic mass is 35.5. The molecule has 0 spiro atoms. The van der Waals surface area contributed by atoms with Crippen molar-refractivity contribution in [2.24, 2.45) is 0 Å². The second kappa shape index (κ2) is 8.24. The Bertz CT molecular complexity index is 517. The zero-order valence-corrected chi connectivity index (χ0v) is 12.9. The highest BCUT2D eigenvalue weighted by molar-refractivity contribution is 6.41. The molecule has 0 radical (unpaired) electrons. The van der Waals surface area contributed by atoms with Gasteiger partial charge in [0.2, 0.25) is 5.91 Å². The monoisotopic (exact) mass is 321 g/mol. The molecule has 0 saturated heterocycles. The van der Waals surface area contributed by atoms with Gasteiger partial charge in [-0.3, -0.25) is 9.59 Å². The zero-order valence-electron chi connectivity index (χ0n) is 11.4. The van der Waals surface area contributed by atoms with Gasteiger partial charge in [0.25, 0.3) is 5.56 Å². The number of amides is 1. The molecule has 0 bridgehead atoms. The van der Waals surface area contributed by atoms with Crippen LogP contribution in [-0.4, -0.2) is 34.9 Å². The Kier molecular flexibility index (Phi) is 6.98. The van der Waals surface area contributed by atoms with Gasteiger partial charge in [-0.15, -0.1) is 0 Å². The number of rotatable bonds is 7. The summed E-state index contributed by atoms with van der Waals surface area (Å²) in [5.74, 6) is -0.317. The van der Waals surface area contributed by atoms with Gasteiger partial charge in [0.15, 0.2) is 0 Å². The number of halogens is 2. The van der Waals surface area contributed by atoms with Crippen LogP contribution >= 0.6 is 23.2 Å². The number of aromatic nitrogens is 2. The summed E-state index contributed by atoms with van der Waals surface area (Å²) in [6.45, 7) is 4.74. The number of ether oxygens (including phenoxy) is 1. The first kappa shape index (κ1) is 16.9. The van der Waals surface area contributed by atoms with Crippen molar-refractivity contribution in [3.05, 3.63) is 26.6 Å². The SMILES string of the molecule is CC(C)OCCCNC(=O)Cn1ncc(Cl)c(Cl)c1=O. The molecule has 1 heterocycles. The van der Waals surface area contributed by atoms with Crippen LogP contribution in [0.4, 0.5) is 0 Å². The van der Waals surface area contributed by atoms with Crippen molar-refractivity contribution in [3.8, 4) is 0 Å². The number of carbonyl (C=O) groups excluding carboxylic acids is 1. The fourth-order valence-electron chi connectivity index (χ4n) is 1.37. The quantitative estimate of drug-likeness (QED) is 0.772. The molecule has 1 N–H and O–H groups in total. The summed E-state index contributed by atoms with van der Waals surface area (Å²) in [4.78, 5) is 23.3. The first-order chi connectivity index (χ1) is 9.41. The van der Waals surface area contributed by atoms with Crippen LogP contribution in [0.25, 0.3) is 0 Å². The summed E-state index contributed by atoms with van der Waals surface area (Å²) in [6, 6.07) is 0. The van der Waals surface area contributed by atoms with Gasteiger partial charge >= 0.3 is 0 Å². The third-order valence-corrected chi connectivity index (χ3v) is 3.08. The summed E-state index contributed by atoms with van der Waals surface area (Å²) in [7, 11) is 0. The van der Waals surface area contributed by atoms with Crippen LogP contribution in [0, 0.1) is 0 Å². The summed E-state index contributed by atoms with van der Waals surface area (Å²) in [6.07, 6.45) is 2.10. The van der Waals surface area contributed by atoms with Crippen LogP contribution in [-0.2, 0) is 16.1 Å². The smallest absolute Gasteiger partial charge is 0.287 e. The largest absolute Gasteiger partial charge is 0.379 e. The normalized spacial score (nSPS) is 10.8. The minimum absolute atomic E-state index is 0.0687. The average molecular weight is 322 g/mol. The minimum atomic E-state index is -0.586. The van der Waals surface area contributed by atoms with Crippen LogP contribution in [0.3, 0.4) is 0 Å². The molecule has 0 saturated carbocycles. The van der Waals surface area contributed by atoms with Crippen molar-refractivity contribution in [2.75, 3.05) is 13.2 Å². The van der Waals surface area contributed by atoms with E-state index in [2.05, 4.69) is 10.4 Å². The molecule has 0 atom stereocenters. The minimum Gasteiger partial charge on any atom is -0.379 e. The summed E-state index contributed by atoms with van der Waals surface area (Å²) < 4.78 is 6.31. The fourth-order valence-corrected chi connectivity index (χ4v) is 1.64. The average Bonchev–Trinajstić information content (AvgIpc) is 2.39. The molecule has 8 heteroatoms. The van der Waals surface area contributed by atoms with Gasteiger partial charge in [0, 0.05) is 13.2 Å². The predicted molar refractivity (Wildman–Crippen MR) is 77.2 cm³/mol. The van der Waals surface area contributed by atoms with Gasteiger partial charge in [-0.25, -0.2) is 4.68 Å². The van der Waals surface area contributed by atoms with E-state index in [1.807, 2.05) is 13.8 Å². The molecule has 112 valence electrons. The lowest BCUT2D eigenvalue weighted by molar-refractivity contribution is -0.121. The van der Waals surface area contributed by atoms with E-state index >= 15 is 0 Å². The Balaban J connectivity index is 2.40. The van der Waals surface area contributed by atoms with E-state index in [0.717, 1.165) is 4.68 Å². The number of carbonyl (C=O) groups is 1. The predicted octanol–water partition coefficient (Wildman–Crippen LogP) is 1.48. The van der Waals surface area contributed by atoms with Crippen molar-refractivity contribution in [3.63, 3.8) is 0 Å². The van der Waals surface area contributed by atoms with Crippen molar-refractivity contribution >= 4 is 29.1 Å². The number of hydrogen-bond donors (Lipinski definition) is 1. The molecule has 1 rings (SSSR count). The second-order valence-corrected chi connectivity index (χ2v) is 5.18. The lowest BCUT2D eigenvalue weighted by Gasteiger charge is -2.09. The summed E-state index contributed by atoms with van der Waals surface area (Å²) in [5.41, 5.74) is -0.586. The van der Waals surface area contributed by atoms with Gasteiger partial charge in [-0.2, -0.15) is 5.10 Å². The molecule has 0 aromatic carbocycles. The molecule has 0 aliphatic rings. The molecule has 0 aliphatic carbocycles. The van der Waals surface area contributed by atoms with E-state index in [1.165, 1.54) is 6.20 Å². The standard InChI is InChI=1S/C12H17Cl2N3O3/c1-8(2)20-5-3-4-15-10(18)7-17-12(19)11(14)9(13)6-16-17/h6,8H,3-5,7H2,1-2H3,(H,15,18). The van der Waals surface area contributed by atoms with E-state index in [4.69, 9.17) is 27.9 Å². The van der Waals surface area contributed by atoms with Crippen LogP contribution in [0.15, 0.2) is 11.0 Å². The van der Waals surface area contributed by atoms with Crippen LogP contribution in [0.5, 0.6) is 0 Å². The fraction of sp³-hybridized carbons (Fsp3) is 0.583. The third-order valence-electron chi connectivity index (χ3n) is 2.33. The molecule has 1 aromatic heterocycles. The van der Waals surface area contributed by atoms with E-state index in [9.17, 15) is 9.59 Å². The highest BCUT2D eigenvalue weighted by Crippen LogP contribution is 2.14. The molecule has 0 unspecified atom stereocenters. The van der Waals surface area contributed by atoms with Crippen LogP contribution in [0.1, 0.15) is 20.3 Å². The highest BCUT2D eigenvalue weighted by Gasteiger charge is 2.10. The molecule has 1 aromatic rings.